The zero-order valence-corrected chi connectivity index (χ0v) is 10.00. The molecule has 6 nitrogen and oxygen atoms in total. The number of carbonyl (C=O) groups excluding carboxylic acids is 1. The largest absolute Gasteiger partial charge is 0.363 e. The molecule has 0 aromatic carbocycles. The molecule has 6 heteroatoms. The van der Waals surface area contributed by atoms with E-state index in [1.165, 1.54) is 12.3 Å². The molecule has 1 amide bonds. The van der Waals surface area contributed by atoms with Crippen molar-refractivity contribution in [3.63, 3.8) is 0 Å². The molecule has 0 saturated heterocycles. The van der Waals surface area contributed by atoms with Gasteiger partial charge in [-0.05, 0) is 28.0 Å². The molecule has 0 atom stereocenters. The summed E-state index contributed by atoms with van der Waals surface area (Å²) in [4.78, 5) is 26.7. The molecule has 18 heavy (non-hydrogen) atoms. The molecule has 1 aliphatic rings. The molecule has 94 valence electrons. The van der Waals surface area contributed by atoms with Gasteiger partial charge in [0, 0.05) is 31.6 Å². The number of amides is 1. The first-order valence-electron chi connectivity index (χ1n) is 5.63. The van der Waals surface area contributed by atoms with Crippen LogP contribution in [0.15, 0.2) is 24.4 Å². The Bertz CT molecular complexity index is 508. The Morgan fingerprint density at radius 3 is 2.72 bits per heavy atom. The number of carbonyl (C=O) groups is 1. The van der Waals surface area contributed by atoms with E-state index in [2.05, 4.69) is 4.98 Å². The third-order valence-corrected chi connectivity index (χ3v) is 2.96. The summed E-state index contributed by atoms with van der Waals surface area (Å²) in [5.41, 5.74) is 1.96. The molecule has 2 heterocycles. The molecule has 1 aromatic heterocycles. The molecule has 1 aromatic rings. The van der Waals surface area contributed by atoms with Gasteiger partial charge in [0.15, 0.2) is 0 Å². The van der Waals surface area contributed by atoms with E-state index in [-0.39, 0.29) is 11.7 Å². The zero-order valence-electron chi connectivity index (χ0n) is 10.00. The van der Waals surface area contributed by atoms with E-state index in [1.54, 1.807) is 17.9 Å². The van der Waals surface area contributed by atoms with E-state index in [1.807, 2.05) is 6.08 Å². The number of pyridine rings is 1. The van der Waals surface area contributed by atoms with Crippen LogP contribution < -0.4 is 0 Å². The molecule has 0 aliphatic carbocycles. The lowest BCUT2D eigenvalue weighted by Crippen LogP contribution is -2.32. The molecule has 0 spiro atoms. The highest BCUT2D eigenvalue weighted by molar-refractivity contribution is 5.75. The lowest BCUT2D eigenvalue weighted by atomic mass is 10.0. The fourth-order valence-corrected chi connectivity index (χ4v) is 1.90. The van der Waals surface area contributed by atoms with E-state index < -0.39 is 4.92 Å². The highest BCUT2D eigenvalue weighted by Crippen LogP contribution is 2.22. The second-order valence-corrected chi connectivity index (χ2v) is 4.11. The summed E-state index contributed by atoms with van der Waals surface area (Å²) in [6, 6.07) is 3.09. The van der Waals surface area contributed by atoms with Crippen LogP contribution in [0, 0.1) is 10.1 Å². The summed E-state index contributed by atoms with van der Waals surface area (Å²) in [6.07, 6.45) is 4.22. The van der Waals surface area contributed by atoms with Gasteiger partial charge in [0.25, 0.3) is 0 Å². The smallest absolute Gasteiger partial charge is 0.358 e. The minimum absolute atomic E-state index is 0.0622. The Balaban J connectivity index is 2.13. The van der Waals surface area contributed by atoms with E-state index >= 15 is 0 Å². The van der Waals surface area contributed by atoms with E-state index in [9.17, 15) is 14.9 Å². The normalized spacial score (nSPS) is 15.2. The van der Waals surface area contributed by atoms with Crippen molar-refractivity contribution in [2.45, 2.75) is 13.3 Å². The molecule has 0 fully saturated rings. The van der Waals surface area contributed by atoms with Crippen molar-refractivity contribution >= 4 is 17.3 Å². The summed E-state index contributed by atoms with van der Waals surface area (Å²) < 4.78 is 0. The summed E-state index contributed by atoms with van der Waals surface area (Å²) in [7, 11) is 0. The average molecular weight is 247 g/mol. The second-order valence-electron chi connectivity index (χ2n) is 4.11. The summed E-state index contributed by atoms with van der Waals surface area (Å²) >= 11 is 0. The van der Waals surface area contributed by atoms with Gasteiger partial charge in [-0.25, -0.2) is 0 Å². The molecular formula is C12H13N3O3. The number of nitro groups is 1. The van der Waals surface area contributed by atoms with Crippen LogP contribution in [0.2, 0.25) is 0 Å². The van der Waals surface area contributed by atoms with Crippen LogP contribution >= 0.6 is 0 Å². The predicted molar refractivity (Wildman–Crippen MR) is 65.7 cm³/mol. The fourth-order valence-electron chi connectivity index (χ4n) is 1.90. The number of hydrogen-bond acceptors (Lipinski definition) is 4. The molecule has 0 bridgehead atoms. The first kappa shape index (κ1) is 12.2. The average Bonchev–Trinajstić information content (AvgIpc) is 2.39. The predicted octanol–water partition coefficient (Wildman–Crippen LogP) is 1.63. The molecule has 0 unspecified atom stereocenters. The van der Waals surface area contributed by atoms with Crippen LogP contribution in [0.1, 0.15) is 18.9 Å². The third-order valence-electron chi connectivity index (χ3n) is 2.96. The maximum atomic E-state index is 11.2. The van der Waals surface area contributed by atoms with Gasteiger partial charge in [-0.3, -0.25) is 4.79 Å². The van der Waals surface area contributed by atoms with Crippen molar-refractivity contribution in [3.8, 4) is 0 Å². The van der Waals surface area contributed by atoms with Gasteiger partial charge in [0.1, 0.15) is 6.20 Å². The van der Waals surface area contributed by atoms with Crippen LogP contribution in [-0.2, 0) is 4.79 Å². The second kappa shape index (κ2) is 4.95. The third kappa shape index (κ3) is 2.53. The maximum absolute atomic E-state index is 11.2. The van der Waals surface area contributed by atoms with Crippen molar-refractivity contribution in [3.05, 3.63) is 40.1 Å². The molecular weight excluding hydrogens is 234 g/mol. The molecule has 0 saturated carbocycles. The maximum Gasteiger partial charge on any atom is 0.363 e. The Morgan fingerprint density at radius 1 is 1.50 bits per heavy atom. The van der Waals surface area contributed by atoms with Gasteiger partial charge in [-0.15, -0.1) is 0 Å². The fraction of sp³-hybridized carbons (Fsp3) is 0.333. The standard InChI is InChI=1S/C12H13N3O3/c1-9(16)14-6-4-10(5-7-14)11-2-3-12(13-8-11)15(17)18/h2-4,8H,5-7H2,1H3. The molecule has 1 aliphatic heterocycles. The van der Waals surface area contributed by atoms with Crippen LogP contribution in [0.25, 0.3) is 5.57 Å². The highest BCUT2D eigenvalue weighted by Gasteiger charge is 2.16. The van der Waals surface area contributed by atoms with Crippen molar-refractivity contribution in [2.75, 3.05) is 13.1 Å². The Labute approximate surface area is 104 Å². The minimum atomic E-state index is -0.517. The van der Waals surface area contributed by atoms with Crippen molar-refractivity contribution in [1.82, 2.24) is 9.88 Å². The first-order valence-corrected chi connectivity index (χ1v) is 5.63. The van der Waals surface area contributed by atoms with Crippen LogP contribution in [0.3, 0.4) is 0 Å². The van der Waals surface area contributed by atoms with Crippen molar-refractivity contribution < 1.29 is 9.72 Å². The van der Waals surface area contributed by atoms with E-state index in [0.717, 1.165) is 17.6 Å². The van der Waals surface area contributed by atoms with E-state index in [0.29, 0.717) is 13.1 Å². The van der Waals surface area contributed by atoms with Crippen molar-refractivity contribution in [1.29, 1.82) is 0 Å². The van der Waals surface area contributed by atoms with Crippen LogP contribution in [0.5, 0.6) is 0 Å². The SMILES string of the molecule is CC(=O)N1CC=C(c2ccc([N+](=O)[O-])nc2)CC1. The lowest BCUT2D eigenvalue weighted by Gasteiger charge is -2.24. The zero-order chi connectivity index (χ0) is 13.1. The Hall–Kier alpha value is -2.24. The summed E-state index contributed by atoms with van der Waals surface area (Å²) in [5, 5.41) is 10.5. The van der Waals surface area contributed by atoms with Gasteiger partial charge in [0.2, 0.25) is 5.91 Å². The number of hydrogen-bond donors (Lipinski definition) is 0. The lowest BCUT2D eigenvalue weighted by molar-refractivity contribution is -0.389. The van der Waals surface area contributed by atoms with Crippen molar-refractivity contribution in [2.24, 2.45) is 0 Å². The minimum Gasteiger partial charge on any atom is -0.358 e. The van der Waals surface area contributed by atoms with E-state index in [4.69, 9.17) is 0 Å². The van der Waals surface area contributed by atoms with Gasteiger partial charge in [-0.2, -0.15) is 0 Å². The molecule has 2 rings (SSSR count). The van der Waals surface area contributed by atoms with Gasteiger partial charge in [0.05, 0.1) is 0 Å². The van der Waals surface area contributed by atoms with Gasteiger partial charge in [-0.1, -0.05) is 6.08 Å². The van der Waals surface area contributed by atoms with Gasteiger partial charge >= 0.3 is 5.82 Å². The first-order chi connectivity index (χ1) is 8.58. The Kier molecular flexibility index (Phi) is 3.36. The molecule has 0 radical (unpaired) electrons. The Morgan fingerprint density at radius 2 is 2.28 bits per heavy atom. The van der Waals surface area contributed by atoms with Crippen LogP contribution in [-0.4, -0.2) is 33.8 Å². The number of rotatable bonds is 2. The monoisotopic (exact) mass is 247 g/mol. The molecule has 0 N–H and O–H groups in total. The summed E-state index contributed by atoms with van der Waals surface area (Å²) in [5.74, 6) is -0.0901. The summed E-state index contributed by atoms with van der Waals surface area (Å²) in [6.45, 7) is 2.81. The topological polar surface area (TPSA) is 76.3 Å². The van der Waals surface area contributed by atoms with Gasteiger partial charge < -0.3 is 15.0 Å². The number of aromatic nitrogens is 1. The van der Waals surface area contributed by atoms with Crippen LogP contribution in [0.4, 0.5) is 5.82 Å². The number of nitrogens with zero attached hydrogens (tertiary/aromatic N) is 3. The quantitative estimate of drug-likeness (QED) is 0.587. The highest BCUT2D eigenvalue weighted by atomic mass is 16.6.